The molecule has 0 radical (unpaired) electrons. The molecule has 30 heavy (non-hydrogen) atoms. The first kappa shape index (κ1) is 21.4. The third-order valence-corrected chi connectivity index (χ3v) is 7.96. The van der Waals surface area contributed by atoms with Crippen LogP contribution in [-0.4, -0.2) is 52.1 Å². The van der Waals surface area contributed by atoms with Crippen LogP contribution in [0.3, 0.4) is 0 Å². The molecule has 0 saturated carbocycles. The second-order valence-corrected chi connectivity index (χ2v) is 10.0. The van der Waals surface area contributed by atoms with Gasteiger partial charge >= 0.3 is 0 Å². The number of hydrogen-bond donors (Lipinski definition) is 1. The first-order chi connectivity index (χ1) is 14.6. The summed E-state index contributed by atoms with van der Waals surface area (Å²) in [5, 5.41) is 4.15. The van der Waals surface area contributed by atoms with Crippen LogP contribution in [0.1, 0.15) is 24.8 Å². The molecule has 2 saturated heterocycles. The Labute approximate surface area is 183 Å². The second-order valence-electron chi connectivity index (χ2n) is 7.69. The maximum absolute atomic E-state index is 13.2. The standard InChI is InChI=1S/C22H28ClN3O3S/c23-20-7-3-2-6-18(20)17-24-21-16-19(30(27,28)26-12-14-29-15-13-26)8-9-22(21)25-10-4-1-5-11-25/h2-3,6-9,16,24H,1,4-5,10-15,17H2. The largest absolute Gasteiger partial charge is 0.379 e. The van der Waals surface area contributed by atoms with Crippen molar-refractivity contribution in [2.24, 2.45) is 0 Å². The summed E-state index contributed by atoms with van der Waals surface area (Å²) in [6.07, 6.45) is 3.54. The lowest BCUT2D eigenvalue weighted by Crippen LogP contribution is -2.40. The number of ether oxygens (including phenoxy) is 1. The smallest absolute Gasteiger partial charge is 0.243 e. The van der Waals surface area contributed by atoms with Crippen LogP contribution in [0, 0.1) is 0 Å². The van der Waals surface area contributed by atoms with E-state index in [0.29, 0.717) is 42.8 Å². The van der Waals surface area contributed by atoms with Gasteiger partial charge < -0.3 is 15.0 Å². The molecule has 0 atom stereocenters. The highest BCUT2D eigenvalue weighted by Gasteiger charge is 2.27. The minimum atomic E-state index is -3.55. The molecule has 0 bridgehead atoms. The number of rotatable bonds is 6. The van der Waals surface area contributed by atoms with E-state index in [1.165, 1.54) is 10.7 Å². The van der Waals surface area contributed by atoms with Gasteiger partial charge in [0.2, 0.25) is 10.0 Å². The van der Waals surface area contributed by atoms with E-state index in [2.05, 4.69) is 10.2 Å². The lowest BCUT2D eigenvalue weighted by atomic mass is 10.1. The van der Waals surface area contributed by atoms with Gasteiger partial charge in [-0.2, -0.15) is 4.31 Å². The predicted octanol–water partition coefficient (Wildman–Crippen LogP) is 3.96. The quantitative estimate of drug-likeness (QED) is 0.723. The molecule has 2 aromatic rings. The molecule has 2 fully saturated rings. The van der Waals surface area contributed by atoms with Gasteiger partial charge in [-0.3, -0.25) is 0 Å². The van der Waals surface area contributed by atoms with Gasteiger partial charge in [0.05, 0.1) is 29.5 Å². The molecule has 0 aromatic heterocycles. The van der Waals surface area contributed by atoms with Crippen LogP contribution in [0.25, 0.3) is 0 Å². The maximum Gasteiger partial charge on any atom is 0.243 e. The Morgan fingerprint density at radius 1 is 0.967 bits per heavy atom. The average Bonchev–Trinajstić information content (AvgIpc) is 2.79. The molecule has 162 valence electrons. The molecule has 2 heterocycles. The third-order valence-electron chi connectivity index (χ3n) is 5.70. The summed E-state index contributed by atoms with van der Waals surface area (Å²) in [6, 6.07) is 13.1. The SMILES string of the molecule is O=S(=O)(c1ccc(N2CCCCC2)c(NCc2ccccc2Cl)c1)N1CCOCC1. The van der Waals surface area contributed by atoms with Gasteiger partial charge in [-0.25, -0.2) is 8.42 Å². The lowest BCUT2D eigenvalue weighted by molar-refractivity contribution is 0.0730. The number of benzene rings is 2. The second kappa shape index (κ2) is 9.56. The van der Waals surface area contributed by atoms with Crippen LogP contribution in [0.15, 0.2) is 47.4 Å². The Bertz CT molecular complexity index is 971. The molecule has 1 N–H and O–H groups in total. The highest BCUT2D eigenvalue weighted by molar-refractivity contribution is 7.89. The minimum Gasteiger partial charge on any atom is -0.379 e. The molecule has 4 rings (SSSR count). The zero-order valence-corrected chi connectivity index (χ0v) is 18.6. The molecule has 2 aliphatic rings. The summed E-state index contributed by atoms with van der Waals surface area (Å²) in [5.41, 5.74) is 2.85. The van der Waals surface area contributed by atoms with Crippen molar-refractivity contribution in [3.63, 3.8) is 0 Å². The number of nitrogens with one attached hydrogen (secondary N) is 1. The van der Waals surface area contributed by atoms with Crippen molar-refractivity contribution in [3.8, 4) is 0 Å². The van der Waals surface area contributed by atoms with E-state index >= 15 is 0 Å². The number of morpholine rings is 1. The number of sulfonamides is 1. The van der Waals surface area contributed by atoms with Crippen molar-refractivity contribution in [1.29, 1.82) is 0 Å². The van der Waals surface area contributed by atoms with E-state index in [9.17, 15) is 8.42 Å². The molecular weight excluding hydrogens is 422 g/mol. The van der Waals surface area contributed by atoms with Crippen molar-refractivity contribution < 1.29 is 13.2 Å². The Morgan fingerprint density at radius 3 is 2.43 bits per heavy atom. The summed E-state index contributed by atoms with van der Waals surface area (Å²) < 4.78 is 33.1. The van der Waals surface area contributed by atoms with E-state index in [0.717, 1.165) is 42.9 Å². The fourth-order valence-electron chi connectivity index (χ4n) is 4.00. The number of hydrogen-bond acceptors (Lipinski definition) is 5. The van der Waals surface area contributed by atoms with Crippen LogP contribution < -0.4 is 10.2 Å². The van der Waals surface area contributed by atoms with Crippen LogP contribution >= 0.6 is 11.6 Å². The van der Waals surface area contributed by atoms with E-state index in [-0.39, 0.29) is 0 Å². The normalized spacial score (nSPS) is 18.4. The van der Waals surface area contributed by atoms with E-state index in [1.54, 1.807) is 12.1 Å². The summed E-state index contributed by atoms with van der Waals surface area (Å²) in [6.45, 7) is 4.14. The monoisotopic (exact) mass is 449 g/mol. The van der Waals surface area contributed by atoms with Crippen molar-refractivity contribution in [2.75, 3.05) is 49.6 Å². The third kappa shape index (κ3) is 4.75. The van der Waals surface area contributed by atoms with E-state index < -0.39 is 10.0 Å². The average molecular weight is 450 g/mol. The topological polar surface area (TPSA) is 61.9 Å². The van der Waals surface area contributed by atoms with Gasteiger partial charge in [0.1, 0.15) is 0 Å². The van der Waals surface area contributed by atoms with Gasteiger partial charge in [0, 0.05) is 37.7 Å². The van der Waals surface area contributed by atoms with Crippen molar-refractivity contribution >= 4 is 33.0 Å². The Morgan fingerprint density at radius 2 is 1.70 bits per heavy atom. The fourth-order valence-corrected chi connectivity index (χ4v) is 5.63. The van der Waals surface area contributed by atoms with Crippen LogP contribution in [0.4, 0.5) is 11.4 Å². The van der Waals surface area contributed by atoms with Crippen LogP contribution in [-0.2, 0) is 21.3 Å². The highest BCUT2D eigenvalue weighted by Crippen LogP contribution is 2.33. The zero-order chi connectivity index (χ0) is 21.0. The molecule has 0 unspecified atom stereocenters. The summed E-state index contributed by atoms with van der Waals surface area (Å²) in [7, 11) is -3.55. The van der Waals surface area contributed by atoms with Gasteiger partial charge in [-0.05, 0) is 49.1 Å². The molecule has 8 heteroatoms. The van der Waals surface area contributed by atoms with E-state index in [1.807, 2.05) is 30.3 Å². The Balaban J connectivity index is 1.64. The minimum absolute atomic E-state index is 0.312. The molecule has 2 aliphatic heterocycles. The first-order valence-corrected chi connectivity index (χ1v) is 12.3. The molecule has 0 aliphatic carbocycles. The molecule has 6 nitrogen and oxygen atoms in total. The molecule has 0 spiro atoms. The first-order valence-electron chi connectivity index (χ1n) is 10.5. The van der Waals surface area contributed by atoms with Crippen molar-refractivity contribution in [3.05, 3.63) is 53.1 Å². The fraction of sp³-hybridized carbons (Fsp3) is 0.455. The number of piperidine rings is 1. The highest BCUT2D eigenvalue weighted by atomic mass is 35.5. The number of halogens is 1. The van der Waals surface area contributed by atoms with Crippen molar-refractivity contribution in [2.45, 2.75) is 30.7 Å². The van der Waals surface area contributed by atoms with Gasteiger partial charge in [0.25, 0.3) is 0 Å². The molecule has 2 aromatic carbocycles. The Hall–Kier alpha value is -1.80. The van der Waals surface area contributed by atoms with Gasteiger partial charge in [0.15, 0.2) is 0 Å². The summed E-state index contributed by atoms with van der Waals surface area (Å²) >= 11 is 6.32. The predicted molar refractivity (Wildman–Crippen MR) is 121 cm³/mol. The lowest BCUT2D eigenvalue weighted by Gasteiger charge is -2.31. The number of anilines is 2. The van der Waals surface area contributed by atoms with Gasteiger partial charge in [-0.1, -0.05) is 29.8 Å². The number of nitrogens with zero attached hydrogens (tertiary/aromatic N) is 2. The van der Waals surface area contributed by atoms with E-state index in [4.69, 9.17) is 16.3 Å². The van der Waals surface area contributed by atoms with Crippen molar-refractivity contribution in [1.82, 2.24) is 4.31 Å². The molecular formula is C22H28ClN3O3S. The molecule has 0 amide bonds. The van der Waals surface area contributed by atoms with Gasteiger partial charge in [-0.15, -0.1) is 0 Å². The van der Waals surface area contributed by atoms with Crippen LogP contribution in [0.2, 0.25) is 5.02 Å². The summed E-state index contributed by atoms with van der Waals surface area (Å²) in [5.74, 6) is 0. The Kier molecular flexibility index (Phi) is 6.83. The maximum atomic E-state index is 13.2. The zero-order valence-electron chi connectivity index (χ0n) is 17.0. The summed E-state index contributed by atoms with van der Waals surface area (Å²) in [4.78, 5) is 2.65. The van der Waals surface area contributed by atoms with Crippen LogP contribution in [0.5, 0.6) is 0 Å².